The molecule has 0 radical (unpaired) electrons. The number of rotatable bonds is 6. The molecule has 3 aromatic rings. The summed E-state index contributed by atoms with van der Waals surface area (Å²) in [6, 6.07) is 15.0. The van der Waals surface area contributed by atoms with Crippen LogP contribution in [0, 0.1) is 21.4 Å². The highest BCUT2D eigenvalue weighted by atomic mass is 16.6. The molecule has 168 valence electrons. The quantitative estimate of drug-likeness (QED) is 0.383. The predicted octanol–water partition coefficient (Wildman–Crippen LogP) is 3.86. The number of phenols is 1. The van der Waals surface area contributed by atoms with Crippen LogP contribution >= 0.6 is 0 Å². The monoisotopic (exact) mass is 445 g/mol. The minimum atomic E-state index is -0.464. The van der Waals surface area contributed by atoms with E-state index in [2.05, 4.69) is 16.4 Å². The Bertz CT molecular complexity index is 1230. The second kappa shape index (κ2) is 9.54. The number of anilines is 1. The van der Waals surface area contributed by atoms with Gasteiger partial charge in [-0.25, -0.2) is 4.98 Å². The maximum atomic E-state index is 11.0. The number of piperidine rings is 1. The molecule has 0 saturated carbocycles. The van der Waals surface area contributed by atoms with Crippen molar-refractivity contribution in [3.8, 4) is 28.8 Å². The van der Waals surface area contributed by atoms with Gasteiger partial charge in [0.1, 0.15) is 30.0 Å². The van der Waals surface area contributed by atoms with Crippen LogP contribution in [0.1, 0.15) is 35.4 Å². The molecule has 0 bridgehead atoms. The van der Waals surface area contributed by atoms with E-state index in [0.29, 0.717) is 28.1 Å². The van der Waals surface area contributed by atoms with E-state index in [1.54, 1.807) is 30.3 Å². The van der Waals surface area contributed by atoms with Crippen LogP contribution in [0.4, 0.5) is 11.5 Å². The number of non-ortho nitro benzene ring substituents is 1. The number of hydrogen-bond donors (Lipinski definition) is 3. The number of nitrogens with zero attached hydrogens (tertiary/aromatic N) is 3. The normalized spacial score (nSPS) is 15.5. The molecule has 33 heavy (non-hydrogen) atoms. The van der Waals surface area contributed by atoms with Crippen molar-refractivity contribution in [2.45, 2.75) is 25.4 Å². The number of aromatic nitrogens is 1. The molecule has 1 unspecified atom stereocenters. The standard InChI is InChI=1S/C24H23N5O4/c25-12-19-18(16-5-3-9-27-13-16)11-20(28-24(19)26)23-21(30)7-2-8-22(23)33-14-15-4-1-6-17(10-15)29(31)32/h1-2,4,6-8,10-11,16,27,30H,3,5,9,13-14H2,(H2,26,28). The number of nitriles is 1. The Kier molecular flexibility index (Phi) is 6.38. The molecule has 1 fully saturated rings. The highest BCUT2D eigenvalue weighted by molar-refractivity contribution is 5.76. The summed E-state index contributed by atoms with van der Waals surface area (Å²) in [7, 11) is 0. The van der Waals surface area contributed by atoms with Crippen molar-refractivity contribution in [1.29, 1.82) is 5.26 Å². The van der Waals surface area contributed by atoms with Gasteiger partial charge in [0.05, 0.1) is 21.7 Å². The smallest absolute Gasteiger partial charge is 0.269 e. The van der Waals surface area contributed by atoms with Gasteiger partial charge in [0.2, 0.25) is 0 Å². The SMILES string of the molecule is N#Cc1c(C2CCCNC2)cc(-c2c(O)cccc2OCc2cccc([N+](=O)[O-])c2)nc1N. The molecule has 1 saturated heterocycles. The van der Waals surface area contributed by atoms with Crippen LogP contribution in [-0.2, 0) is 6.61 Å². The third-order valence-corrected chi connectivity index (χ3v) is 5.70. The van der Waals surface area contributed by atoms with Crippen LogP contribution in [0.25, 0.3) is 11.3 Å². The molecule has 2 heterocycles. The number of hydrogen-bond acceptors (Lipinski definition) is 8. The average molecular weight is 445 g/mol. The van der Waals surface area contributed by atoms with Crippen LogP contribution in [0.5, 0.6) is 11.5 Å². The zero-order chi connectivity index (χ0) is 23.4. The number of nitrogen functional groups attached to an aromatic ring is 1. The third-order valence-electron chi connectivity index (χ3n) is 5.70. The summed E-state index contributed by atoms with van der Waals surface area (Å²) in [5, 5.41) is 34.7. The summed E-state index contributed by atoms with van der Waals surface area (Å²) in [6.45, 7) is 1.72. The highest BCUT2D eigenvalue weighted by Crippen LogP contribution is 2.40. The maximum absolute atomic E-state index is 11.0. The number of nitrogens with two attached hydrogens (primary N) is 1. The molecule has 1 aliphatic rings. The van der Waals surface area contributed by atoms with Gasteiger partial charge in [-0.05, 0) is 54.6 Å². The van der Waals surface area contributed by atoms with Crippen molar-refractivity contribution in [1.82, 2.24) is 10.3 Å². The fourth-order valence-electron chi connectivity index (χ4n) is 4.09. The second-order valence-electron chi connectivity index (χ2n) is 7.88. The van der Waals surface area contributed by atoms with Crippen LogP contribution in [0.3, 0.4) is 0 Å². The Morgan fingerprint density at radius 1 is 1.30 bits per heavy atom. The number of aromatic hydroxyl groups is 1. The number of nitro benzene ring substituents is 1. The fraction of sp³-hybridized carbons (Fsp3) is 0.250. The lowest BCUT2D eigenvalue weighted by Crippen LogP contribution is -2.29. The first-order valence-corrected chi connectivity index (χ1v) is 10.6. The molecule has 1 aromatic heterocycles. The van der Waals surface area contributed by atoms with E-state index in [4.69, 9.17) is 10.5 Å². The van der Waals surface area contributed by atoms with E-state index >= 15 is 0 Å². The lowest BCUT2D eigenvalue weighted by molar-refractivity contribution is -0.384. The van der Waals surface area contributed by atoms with Gasteiger partial charge in [-0.3, -0.25) is 10.1 Å². The first-order valence-electron chi connectivity index (χ1n) is 10.6. The zero-order valence-electron chi connectivity index (χ0n) is 17.8. The van der Waals surface area contributed by atoms with E-state index in [9.17, 15) is 20.5 Å². The van der Waals surface area contributed by atoms with Crippen molar-refractivity contribution in [2.24, 2.45) is 0 Å². The molecule has 9 nitrogen and oxygen atoms in total. The number of nitrogens with one attached hydrogen (secondary N) is 1. The van der Waals surface area contributed by atoms with Gasteiger partial charge < -0.3 is 20.9 Å². The van der Waals surface area contributed by atoms with Crippen LogP contribution in [-0.4, -0.2) is 28.1 Å². The number of phenolic OH excluding ortho intramolecular Hbond substituents is 1. The molecule has 4 N–H and O–H groups in total. The summed E-state index contributed by atoms with van der Waals surface area (Å²) >= 11 is 0. The molecule has 9 heteroatoms. The van der Waals surface area contributed by atoms with Gasteiger partial charge in [-0.15, -0.1) is 0 Å². The number of pyridine rings is 1. The Balaban J connectivity index is 1.71. The van der Waals surface area contributed by atoms with E-state index in [0.717, 1.165) is 31.5 Å². The van der Waals surface area contributed by atoms with Gasteiger partial charge >= 0.3 is 0 Å². The minimum absolute atomic E-state index is 0.0282. The first kappa shape index (κ1) is 22.0. The summed E-state index contributed by atoms with van der Waals surface area (Å²) in [4.78, 5) is 15.0. The maximum Gasteiger partial charge on any atom is 0.269 e. The van der Waals surface area contributed by atoms with Gasteiger partial charge in [-0.1, -0.05) is 18.2 Å². The average Bonchev–Trinajstić information content (AvgIpc) is 2.83. The van der Waals surface area contributed by atoms with Crippen molar-refractivity contribution < 1.29 is 14.8 Å². The van der Waals surface area contributed by atoms with Crippen LogP contribution in [0.2, 0.25) is 0 Å². The van der Waals surface area contributed by atoms with E-state index in [-0.39, 0.29) is 29.8 Å². The molecule has 1 aliphatic heterocycles. The van der Waals surface area contributed by atoms with Gasteiger partial charge in [-0.2, -0.15) is 5.26 Å². The Morgan fingerprint density at radius 3 is 2.85 bits per heavy atom. The van der Waals surface area contributed by atoms with Gasteiger partial charge in [0.15, 0.2) is 0 Å². The summed E-state index contributed by atoms with van der Waals surface area (Å²) in [5.41, 5.74) is 8.62. The minimum Gasteiger partial charge on any atom is -0.507 e. The van der Waals surface area contributed by atoms with Gasteiger partial charge in [0.25, 0.3) is 5.69 Å². The van der Waals surface area contributed by atoms with Crippen molar-refractivity contribution in [3.63, 3.8) is 0 Å². The Hall–Kier alpha value is -4.16. The fourth-order valence-corrected chi connectivity index (χ4v) is 4.09. The predicted molar refractivity (Wildman–Crippen MR) is 123 cm³/mol. The first-order chi connectivity index (χ1) is 16.0. The molecule has 1 atom stereocenters. The molecule has 0 spiro atoms. The second-order valence-corrected chi connectivity index (χ2v) is 7.88. The highest BCUT2D eigenvalue weighted by Gasteiger charge is 2.24. The zero-order valence-corrected chi connectivity index (χ0v) is 17.8. The molecule has 0 aliphatic carbocycles. The van der Waals surface area contributed by atoms with E-state index < -0.39 is 4.92 Å². The molecule has 0 amide bonds. The molecule has 2 aromatic carbocycles. The Morgan fingerprint density at radius 2 is 2.12 bits per heavy atom. The summed E-state index contributed by atoms with van der Waals surface area (Å²) in [5.74, 6) is 0.516. The van der Waals surface area contributed by atoms with E-state index in [1.807, 2.05) is 0 Å². The third kappa shape index (κ3) is 4.71. The number of nitro groups is 1. The topological polar surface area (TPSA) is 147 Å². The van der Waals surface area contributed by atoms with Crippen LogP contribution in [0.15, 0.2) is 48.5 Å². The number of ether oxygens (including phenoxy) is 1. The summed E-state index contributed by atoms with van der Waals surface area (Å²) in [6.07, 6.45) is 1.91. The van der Waals surface area contributed by atoms with Crippen molar-refractivity contribution in [3.05, 3.63) is 75.3 Å². The summed E-state index contributed by atoms with van der Waals surface area (Å²) < 4.78 is 5.93. The molecular weight excluding hydrogens is 422 g/mol. The molecule has 4 rings (SSSR count). The number of benzene rings is 2. The molecular formula is C24H23N5O4. The lowest BCUT2D eigenvalue weighted by atomic mass is 9.88. The van der Waals surface area contributed by atoms with Crippen molar-refractivity contribution >= 4 is 11.5 Å². The Labute approximate surface area is 190 Å². The lowest BCUT2D eigenvalue weighted by Gasteiger charge is -2.25. The van der Waals surface area contributed by atoms with Crippen LogP contribution < -0.4 is 15.8 Å². The van der Waals surface area contributed by atoms with E-state index in [1.165, 1.54) is 18.2 Å². The van der Waals surface area contributed by atoms with Crippen molar-refractivity contribution in [2.75, 3.05) is 18.8 Å². The van der Waals surface area contributed by atoms with Gasteiger partial charge in [0, 0.05) is 18.7 Å². The largest absolute Gasteiger partial charge is 0.507 e.